The minimum Gasteiger partial charge on any atom is -0.507 e. The highest BCUT2D eigenvalue weighted by molar-refractivity contribution is 7.85. The summed E-state index contributed by atoms with van der Waals surface area (Å²) in [6.45, 7) is 13.1. The maximum atomic E-state index is 13.1. The van der Waals surface area contributed by atoms with Gasteiger partial charge in [-0.2, -0.15) is 0 Å². The van der Waals surface area contributed by atoms with Crippen molar-refractivity contribution in [3.05, 3.63) is 77.9 Å². The lowest BCUT2D eigenvalue weighted by atomic mass is 9.85. The third kappa shape index (κ3) is 5.50. The van der Waals surface area contributed by atoms with Crippen molar-refractivity contribution < 1.29 is 9.32 Å². The van der Waals surface area contributed by atoms with Crippen LogP contribution in [-0.4, -0.2) is 35.5 Å². The molecule has 0 aliphatic carbocycles. The highest BCUT2D eigenvalue weighted by Crippen LogP contribution is 2.47. The number of nitrogens with zero attached hydrogens (tertiary/aromatic N) is 1. The zero-order valence-corrected chi connectivity index (χ0v) is 20.8. The molecule has 3 nitrogen and oxygen atoms in total. The Labute approximate surface area is 189 Å². The molecule has 0 spiro atoms. The minimum absolute atomic E-state index is 0.190. The van der Waals surface area contributed by atoms with E-state index in [1.807, 2.05) is 60.7 Å². The molecule has 5 heteroatoms. The predicted octanol–water partition coefficient (Wildman–Crippen LogP) is 6.14. The molecule has 0 radical (unpaired) electrons. The molecular weight excluding hydrogens is 421 g/mol. The van der Waals surface area contributed by atoms with Crippen LogP contribution in [0, 0.1) is 0 Å². The smallest absolute Gasteiger partial charge is 0.128 e. The van der Waals surface area contributed by atoms with Gasteiger partial charge in [0.1, 0.15) is 5.75 Å². The Morgan fingerprint density at radius 2 is 1.55 bits per heavy atom. The summed E-state index contributed by atoms with van der Waals surface area (Å²) in [6, 6.07) is 21.0. The Balaban J connectivity index is 2.08. The quantitative estimate of drug-likeness (QED) is 0.373. The number of aliphatic imine (C=N–C) groups is 1. The number of phenols is 1. The summed E-state index contributed by atoms with van der Waals surface area (Å²) < 4.78 is 13.1. The molecule has 31 heavy (non-hydrogen) atoms. The average molecular weight is 453 g/mol. The van der Waals surface area contributed by atoms with Crippen molar-refractivity contribution in [3.63, 3.8) is 0 Å². The lowest BCUT2D eigenvalue weighted by Crippen LogP contribution is -2.18. The Morgan fingerprint density at radius 3 is 2.16 bits per heavy atom. The SMILES string of the molecule is CC(C)(C)c1cc([P+](C)(C)C)cc(C=Nc2ccccc2S(=O)c2ccccc2)c1O. The van der Waals surface area contributed by atoms with Crippen LogP contribution in [0.1, 0.15) is 31.9 Å². The van der Waals surface area contributed by atoms with E-state index >= 15 is 0 Å². The summed E-state index contributed by atoms with van der Waals surface area (Å²) >= 11 is 0. The second-order valence-corrected chi connectivity index (χ2v) is 15.5. The molecule has 0 aliphatic heterocycles. The molecule has 0 fully saturated rings. The first kappa shape index (κ1) is 23.4. The van der Waals surface area contributed by atoms with Crippen LogP contribution in [0.25, 0.3) is 0 Å². The van der Waals surface area contributed by atoms with Gasteiger partial charge >= 0.3 is 0 Å². The van der Waals surface area contributed by atoms with Gasteiger partial charge in [0.05, 0.1) is 46.7 Å². The molecule has 3 aromatic carbocycles. The Bertz CT molecular complexity index is 1130. The Hall–Kier alpha value is -2.29. The van der Waals surface area contributed by atoms with Gasteiger partial charge < -0.3 is 5.11 Å². The molecule has 162 valence electrons. The molecule has 1 N–H and O–H groups in total. The van der Waals surface area contributed by atoms with E-state index in [-0.39, 0.29) is 11.2 Å². The van der Waals surface area contributed by atoms with Crippen LogP contribution in [0.4, 0.5) is 5.69 Å². The van der Waals surface area contributed by atoms with Gasteiger partial charge in [0, 0.05) is 29.5 Å². The molecule has 0 saturated heterocycles. The highest BCUT2D eigenvalue weighted by atomic mass is 32.2. The van der Waals surface area contributed by atoms with Crippen molar-refractivity contribution in [3.8, 4) is 5.75 Å². The number of hydrogen-bond acceptors (Lipinski definition) is 3. The van der Waals surface area contributed by atoms with Gasteiger partial charge in [0.15, 0.2) is 0 Å². The third-order valence-electron chi connectivity index (χ3n) is 5.07. The zero-order chi connectivity index (χ0) is 22.8. The van der Waals surface area contributed by atoms with E-state index in [0.717, 1.165) is 10.5 Å². The summed E-state index contributed by atoms with van der Waals surface area (Å²) in [5.74, 6) is 0.259. The Kier molecular flexibility index (Phi) is 6.83. The molecular formula is C26H31NO2PS+. The third-order valence-corrected chi connectivity index (χ3v) is 8.32. The molecule has 0 heterocycles. The fourth-order valence-corrected chi connectivity index (χ4v) is 5.44. The van der Waals surface area contributed by atoms with Crippen molar-refractivity contribution in [1.29, 1.82) is 0 Å². The van der Waals surface area contributed by atoms with Gasteiger partial charge in [-0.1, -0.05) is 51.1 Å². The number of aromatic hydroxyl groups is 1. The number of phenolic OH excluding ortho intramolecular Hbond substituents is 1. The largest absolute Gasteiger partial charge is 0.507 e. The zero-order valence-electron chi connectivity index (χ0n) is 19.1. The van der Waals surface area contributed by atoms with E-state index in [1.54, 1.807) is 6.21 Å². The first-order valence-electron chi connectivity index (χ1n) is 10.3. The van der Waals surface area contributed by atoms with Crippen LogP contribution in [-0.2, 0) is 16.2 Å². The van der Waals surface area contributed by atoms with E-state index in [9.17, 15) is 9.32 Å². The number of rotatable bonds is 5. The first-order valence-corrected chi connectivity index (χ1v) is 14.6. The van der Waals surface area contributed by atoms with E-state index in [4.69, 9.17) is 0 Å². The lowest BCUT2D eigenvalue weighted by Gasteiger charge is -2.24. The highest BCUT2D eigenvalue weighted by Gasteiger charge is 2.28. The van der Waals surface area contributed by atoms with Crippen molar-refractivity contribution in [2.24, 2.45) is 4.99 Å². The van der Waals surface area contributed by atoms with Gasteiger partial charge in [0.2, 0.25) is 0 Å². The van der Waals surface area contributed by atoms with Gasteiger partial charge in [-0.15, -0.1) is 0 Å². The molecule has 1 atom stereocenters. The van der Waals surface area contributed by atoms with E-state index < -0.39 is 18.1 Å². The van der Waals surface area contributed by atoms with Crippen molar-refractivity contribution >= 4 is 35.3 Å². The maximum Gasteiger partial charge on any atom is 0.128 e. The summed E-state index contributed by atoms with van der Waals surface area (Å²) in [4.78, 5) is 6.06. The van der Waals surface area contributed by atoms with Crippen LogP contribution >= 0.6 is 7.26 Å². The molecule has 3 rings (SSSR count). The minimum atomic E-state index is -1.33. The lowest BCUT2D eigenvalue weighted by molar-refractivity contribution is 0.446. The van der Waals surface area contributed by atoms with Crippen LogP contribution in [0.15, 0.2) is 81.5 Å². The van der Waals surface area contributed by atoms with Crippen molar-refractivity contribution in [2.45, 2.75) is 36.0 Å². The van der Waals surface area contributed by atoms with Crippen LogP contribution in [0.2, 0.25) is 0 Å². The van der Waals surface area contributed by atoms with E-state index in [2.05, 4.69) is 51.8 Å². The summed E-state index contributed by atoms with van der Waals surface area (Å²) in [5.41, 5.74) is 2.06. The van der Waals surface area contributed by atoms with E-state index in [1.165, 1.54) is 5.30 Å². The first-order chi connectivity index (χ1) is 14.5. The van der Waals surface area contributed by atoms with Crippen molar-refractivity contribution in [1.82, 2.24) is 0 Å². The van der Waals surface area contributed by atoms with Gasteiger partial charge in [-0.05, 0) is 41.8 Å². The normalized spacial score (nSPS) is 13.5. The van der Waals surface area contributed by atoms with Crippen molar-refractivity contribution in [2.75, 3.05) is 20.0 Å². The van der Waals surface area contributed by atoms with Crippen LogP contribution in [0.5, 0.6) is 5.75 Å². The second-order valence-electron chi connectivity index (χ2n) is 9.50. The predicted molar refractivity (Wildman–Crippen MR) is 136 cm³/mol. The van der Waals surface area contributed by atoms with Gasteiger partial charge in [-0.3, -0.25) is 4.99 Å². The fourth-order valence-electron chi connectivity index (χ4n) is 3.23. The van der Waals surface area contributed by atoms with Gasteiger partial charge in [-0.25, -0.2) is 4.21 Å². The summed E-state index contributed by atoms with van der Waals surface area (Å²) in [5, 5.41) is 12.3. The summed E-state index contributed by atoms with van der Waals surface area (Å²) in [7, 11) is -2.62. The molecule has 1 unspecified atom stereocenters. The molecule has 0 saturated carbocycles. The Morgan fingerprint density at radius 1 is 0.935 bits per heavy atom. The van der Waals surface area contributed by atoms with Crippen LogP contribution < -0.4 is 5.30 Å². The number of benzene rings is 3. The molecule has 0 aromatic heterocycles. The van der Waals surface area contributed by atoms with E-state index in [0.29, 0.717) is 16.1 Å². The van der Waals surface area contributed by atoms with Gasteiger partial charge in [0.25, 0.3) is 0 Å². The number of hydrogen-bond donors (Lipinski definition) is 1. The average Bonchev–Trinajstić information content (AvgIpc) is 2.71. The molecule has 0 amide bonds. The number of para-hydroxylation sites is 1. The molecule has 0 bridgehead atoms. The standard InChI is InChI=1S/C26H30NO2PS/c1-26(2,3)22-17-20(30(4,5)6)16-19(25(22)28)18-27-23-14-10-11-15-24(23)31(29)21-12-8-7-9-13-21/h7-18H,1-6H3/p+1. The molecule has 3 aromatic rings. The van der Waals surface area contributed by atoms with Crippen LogP contribution in [0.3, 0.4) is 0 Å². The molecule has 0 aliphatic rings. The monoisotopic (exact) mass is 452 g/mol. The second kappa shape index (κ2) is 9.06. The fraction of sp³-hybridized carbons (Fsp3) is 0.269. The maximum absolute atomic E-state index is 13.1. The summed E-state index contributed by atoms with van der Waals surface area (Å²) in [6.07, 6.45) is 1.70. The topological polar surface area (TPSA) is 49.7 Å².